The van der Waals surface area contributed by atoms with Gasteiger partial charge in [0.05, 0.1) is 6.04 Å². The van der Waals surface area contributed by atoms with Crippen molar-refractivity contribution < 1.29 is 30.6 Å². The Morgan fingerprint density at radius 2 is 2.25 bits per heavy atom. The molecule has 1 saturated heterocycles. The van der Waals surface area contributed by atoms with Crippen molar-refractivity contribution in [2.45, 2.75) is 12.5 Å². The van der Waals surface area contributed by atoms with Gasteiger partial charge < -0.3 is 17.0 Å². The van der Waals surface area contributed by atoms with Crippen molar-refractivity contribution in [2.24, 2.45) is 0 Å². The summed E-state index contributed by atoms with van der Waals surface area (Å²) < 4.78 is 0. The minimum atomic E-state index is 0. The number of carbonyl (C=O) groups excluding carboxylic acids is 1. The van der Waals surface area contributed by atoms with E-state index in [2.05, 4.69) is 5.32 Å². The van der Waals surface area contributed by atoms with Gasteiger partial charge in [-0.25, -0.2) is 0 Å². The molecule has 0 aromatic rings. The summed E-state index contributed by atoms with van der Waals surface area (Å²) in [5, 5.41) is 2.93. The van der Waals surface area contributed by atoms with E-state index >= 15 is 0 Å². The predicted molar refractivity (Wildman–Crippen MR) is 27.2 cm³/mol. The van der Waals surface area contributed by atoms with E-state index in [0.717, 1.165) is 19.3 Å². The summed E-state index contributed by atoms with van der Waals surface area (Å²) in [7, 11) is 0. The van der Waals surface area contributed by atoms with E-state index in [9.17, 15) is 4.79 Å². The molecule has 1 aliphatic rings. The molecule has 4 heteroatoms. The van der Waals surface area contributed by atoms with Crippen LogP contribution in [0.15, 0.2) is 0 Å². The van der Waals surface area contributed by atoms with Gasteiger partial charge in [0.25, 0.3) is 0 Å². The van der Waals surface area contributed by atoms with Crippen molar-refractivity contribution in [1.29, 1.82) is 0 Å². The third-order valence-electron chi connectivity index (χ3n) is 1.03. The van der Waals surface area contributed by atoms with Crippen LogP contribution in [0.4, 0.5) is 0 Å². The standard InChI is InChI=1S/C4H7NO.Li.H2O.H/c6-3-4-1-2-5-4;;;/h3-5H,1-2H2;;1H2;/q;+1;;-1. The maximum absolute atomic E-state index is 9.72. The molecule has 0 aromatic carbocycles. The SMILES string of the molecule is O.O=CC1CCN1.[H-].[Li+]. The van der Waals surface area contributed by atoms with E-state index in [1.165, 1.54) is 0 Å². The van der Waals surface area contributed by atoms with Crippen LogP contribution >= 0.6 is 0 Å². The molecule has 1 atom stereocenters. The van der Waals surface area contributed by atoms with Gasteiger partial charge in [0, 0.05) is 0 Å². The molecular weight excluding hydrogens is 101 g/mol. The van der Waals surface area contributed by atoms with Gasteiger partial charge in [0.15, 0.2) is 0 Å². The van der Waals surface area contributed by atoms with Crippen LogP contribution in [0.5, 0.6) is 0 Å². The molecule has 1 rings (SSSR count). The molecule has 44 valence electrons. The molecule has 1 heterocycles. The molecule has 0 aromatic heterocycles. The quantitative estimate of drug-likeness (QED) is 0.276. The van der Waals surface area contributed by atoms with Gasteiger partial charge in [-0.05, 0) is 13.0 Å². The molecule has 0 saturated carbocycles. The zero-order valence-electron chi connectivity index (χ0n) is 5.98. The van der Waals surface area contributed by atoms with Crippen molar-refractivity contribution in [3.63, 3.8) is 0 Å². The Labute approximate surface area is 61.8 Å². The van der Waals surface area contributed by atoms with Crippen molar-refractivity contribution in [2.75, 3.05) is 6.54 Å². The van der Waals surface area contributed by atoms with Crippen molar-refractivity contribution in [1.82, 2.24) is 5.32 Å². The fraction of sp³-hybridized carbons (Fsp3) is 0.750. The van der Waals surface area contributed by atoms with Gasteiger partial charge in [-0.3, -0.25) is 0 Å². The second-order valence-corrected chi connectivity index (χ2v) is 1.49. The van der Waals surface area contributed by atoms with Gasteiger partial charge in [0.1, 0.15) is 6.29 Å². The normalized spacial score (nSPS) is 23.8. The number of nitrogens with one attached hydrogen (secondary N) is 1. The number of hydrogen-bond donors (Lipinski definition) is 1. The van der Waals surface area contributed by atoms with Crippen LogP contribution < -0.4 is 24.2 Å². The van der Waals surface area contributed by atoms with Gasteiger partial charge in [0.2, 0.25) is 0 Å². The first-order chi connectivity index (χ1) is 2.93. The summed E-state index contributed by atoms with van der Waals surface area (Å²) in [5.74, 6) is 0. The fourth-order valence-corrected chi connectivity index (χ4v) is 0.427. The van der Waals surface area contributed by atoms with Crippen LogP contribution in [0.3, 0.4) is 0 Å². The van der Waals surface area contributed by atoms with E-state index in [1.807, 2.05) is 0 Å². The second-order valence-electron chi connectivity index (χ2n) is 1.49. The molecule has 0 bridgehead atoms. The maximum Gasteiger partial charge on any atom is 1.00 e. The molecule has 0 radical (unpaired) electrons. The largest absolute Gasteiger partial charge is 1.00 e. The fourth-order valence-electron chi connectivity index (χ4n) is 0.427. The van der Waals surface area contributed by atoms with Crippen LogP contribution in [0.25, 0.3) is 0 Å². The minimum Gasteiger partial charge on any atom is -1.00 e. The van der Waals surface area contributed by atoms with Crippen molar-refractivity contribution in [3.8, 4) is 0 Å². The summed E-state index contributed by atoms with van der Waals surface area (Å²) in [6.45, 7) is 1.02. The predicted octanol–water partition coefficient (Wildman–Crippen LogP) is -4.16. The molecule has 0 spiro atoms. The van der Waals surface area contributed by atoms with Gasteiger partial charge >= 0.3 is 18.9 Å². The first kappa shape index (κ1) is 11.0. The zero-order chi connectivity index (χ0) is 4.41. The number of hydrogen-bond acceptors (Lipinski definition) is 2. The summed E-state index contributed by atoms with van der Waals surface area (Å²) in [6, 6.07) is 0.185. The van der Waals surface area contributed by atoms with Crippen LogP contribution in [-0.4, -0.2) is 24.3 Å². The van der Waals surface area contributed by atoms with Crippen molar-refractivity contribution in [3.05, 3.63) is 0 Å². The first-order valence-electron chi connectivity index (χ1n) is 2.12. The van der Waals surface area contributed by atoms with Gasteiger partial charge in [-0.15, -0.1) is 0 Å². The maximum atomic E-state index is 9.72. The number of aldehydes is 1. The van der Waals surface area contributed by atoms with Crippen LogP contribution in [0.1, 0.15) is 7.85 Å². The molecule has 3 nitrogen and oxygen atoms in total. The summed E-state index contributed by atoms with van der Waals surface area (Å²) in [5.41, 5.74) is 0. The Morgan fingerprint density at radius 1 is 1.75 bits per heavy atom. The van der Waals surface area contributed by atoms with Crippen molar-refractivity contribution >= 4 is 6.29 Å². The van der Waals surface area contributed by atoms with E-state index in [4.69, 9.17) is 0 Å². The number of rotatable bonds is 1. The Balaban J connectivity index is -0.000000120. The average Bonchev–Trinajstić information content (AvgIpc) is 1.31. The van der Waals surface area contributed by atoms with E-state index in [0.29, 0.717) is 0 Å². The first-order valence-corrected chi connectivity index (χ1v) is 2.12. The Morgan fingerprint density at radius 3 is 2.25 bits per heavy atom. The van der Waals surface area contributed by atoms with Crippen LogP contribution in [-0.2, 0) is 4.79 Å². The summed E-state index contributed by atoms with van der Waals surface area (Å²) in [6.07, 6.45) is 1.98. The third kappa shape index (κ3) is 2.48. The zero-order valence-corrected chi connectivity index (χ0v) is 4.98. The smallest absolute Gasteiger partial charge is 1.00 e. The topological polar surface area (TPSA) is 60.6 Å². The van der Waals surface area contributed by atoms with E-state index in [1.54, 1.807) is 0 Å². The van der Waals surface area contributed by atoms with E-state index in [-0.39, 0.29) is 31.8 Å². The van der Waals surface area contributed by atoms with E-state index < -0.39 is 0 Å². The number of carbonyl (C=O) groups is 1. The second kappa shape index (κ2) is 5.33. The summed E-state index contributed by atoms with van der Waals surface area (Å²) >= 11 is 0. The van der Waals surface area contributed by atoms with Crippen LogP contribution in [0.2, 0.25) is 0 Å². The molecule has 1 fully saturated rings. The molecular formula is C4H10LiNO2. The molecule has 1 aliphatic heterocycles. The Kier molecular flexibility index (Phi) is 7.36. The molecule has 8 heavy (non-hydrogen) atoms. The Bertz CT molecular complexity index is 69.6. The van der Waals surface area contributed by atoms with Gasteiger partial charge in [-0.1, -0.05) is 0 Å². The minimum absolute atomic E-state index is 0. The monoisotopic (exact) mass is 111 g/mol. The third-order valence-corrected chi connectivity index (χ3v) is 1.03. The molecule has 3 N–H and O–H groups in total. The van der Waals surface area contributed by atoms with Gasteiger partial charge in [-0.2, -0.15) is 0 Å². The molecule has 0 aliphatic carbocycles. The average molecular weight is 111 g/mol. The van der Waals surface area contributed by atoms with Crippen LogP contribution in [0, 0.1) is 0 Å². The molecule has 0 amide bonds. The Hall–Kier alpha value is 0.187. The summed E-state index contributed by atoms with van der Waals surface area (Å²) in [4.78, 5) is 9.72. The molecule has 1 unspecified atom stereocenters.